The molecule has 8 amide bonds. The Kier molecular flexibility index (Phi) is 33.9. The zero-order valence-electron chi connectivity index (χ0n) is 68.2. The van der Waals surface area contributed by atoms with Crippen molar-refractivity contribution in [2.75, 3.05) is 91.8 Å². The number of fused-ring (bicyclic) bond motifs is 14. The number of hydrogen-bond acceptors (Lipinski definition) is 29. The van der Waals surface area contributed by atoms with Crippen molar-refractivity contribution in [3.05, 3.63) is 164 Å². The van der Waals surface area contributed by atoms with E-state index in [0.29, 0.717) is 52.1 Å². The SMILES string of the molecule is NCCCNCCCCNCCCNC(=O)C(CCO)OC(=O)[C@@H]1NC(=O)[C@H]2NC(=O)[C@H](NC(=O)[C@@H]3NC(=O)[C@H]4NC(=O)[C@@H](Cc5ccc(c(Cl)c5)Oc5cc3cc(c5OC(CCO)C(=O)NCCCNCCCCNCCCN)Oc3ccc(cc3Cl)[C@H]2O)NC(=O)[C@@H](N)c2ccc(O)c(c2)Oc2cc(O)cc4c2)c2ccc(O)c(c2)-c2c(O)cc(O)cc21. The molecular formula is C86H105Cl2N15O22. The first-order chi connectivity index (χ1) is 60.2. The molecule has 0 spiro atoms. The number of unbranched alkanes of at least 4 members (excludes halogenated alkanes) is 2. The van der Waals surface area contributed by atoms with Gasteiger partial charge in [-0.3, -0.25) is 38.4 Å². The Morgan fingerprint density at radius 2 is 0.976 bits per heavy atom. The molecule has 6 aliphatic heterocycles. The maximum atomic E-state index is 16.5. The number of carbonyl (C=O) groups is 9. The van der Waals surface area contributed by atoms with E-state index in [0.717, 1.165) is 125 Å². The highest BCUT2D eigenvalue weighted by Gasteiger charge is 2.43. The molecule has 670 valence electrons. The van der Waals surface area contributed by atoms with Crippen LogP contribution < -0.4 is 99.9 Å². The molecule has 0 fully saturated rings. The molecule has 0 saturated carbocycles. The molecule has 7 aromatic rings. The fourth-order valence-corrected chi connectivity index (χ4v) is 14.9. The van der Waals surface area contributed by atoms with Crippen molar-refractivity contribution in [2.24, 2.45) is 17.2 Å². The Bertz CT molecular complexity index is 5030. The number of amides is 8. The number of aliphatic hydroxyl groups excluding tert-OH is 3. The number of aliphatic hydroxyl groups is 3. The van der Waals surface area contributed by atoms with Gasteiger partial charge in [-0.25, -0.2) is 4.79 Å². The molecule has 13 rings (SSSR count). The molecule has 26 N–H and O–H groups in total. The third-order valence-electron chi connectivity index (χ3n) is 21.0. The van der Waals surface area contributed by atoms with E-state index in [-0.39, 0.29) is 68.9 Å². The lowest BCUT2D eigenvalue weighted by molar-refractivity contribution is -0.160. The van der Waals surface area contributed by atoms with Crippen LogP contribution in [0.3, 0.4) is 0 Å². The molecule has 2 unspecified atom stereocenters. The highest BCUT2D eigenvalue weighted by Crippen LogP contribution is 2.50. The Balaban J connectivity index is 1.05. The van der Waals surface area contributed by atoms with Crippen LogP contribution in [0, 0.1) is 0 Å². The van der Waals surface area contributed by atoms with Crippen LogP contribution in [0.2, 0.25) is 10.0 Å². The quantitative estimate of drug-likeness (QED) is 0.0203. The van der Waals surface area contributed by atoms with Crippen LogP contribution in [0.1, 0.15) is 139 Å². The molecule has 0 aliphatic carbocycles. The molecule has 0 radical (unpaired) electrons. The second kappa shape index (κ2) is 45.2. The molecule has 6 aliphatic rings. The third-order valence-corrected chi connectivity index (χ3v) is 21.6. The van der Waals surface area contributed by atoms with Crippen molar-refractivity contribution in [1.29, 1.82) is 0 Å². The van der Waals surface area contributed by atoms with Crippen LogP contribution >= 0.6 is 23.2 Å². The number of rotatable bonds is 34. The molecule has 39 heteroatoms. The van der Waals surface area contributed by atoms with Crippen LogP contribution in [0.15, 0.2) is 115 Å². The number of hydrogen-bond donors (Lipinski definition) is 23. The van der Waals surface area contributed by atoms with Crippen LogP contribution in [0.4, 0.5) is 0 Å². The van der Waals surface area contributed by atoms with Gasteiger partial charge in [0.2, 0.25) is 41.2 Å². The topological polar surface area (TPSA) is 584 Å². The van der Waals surface area contributed by atoms with E-state index in [2.05, 4.69) is 63.8 Å². The van der Waals surface area contributed by atoms with Crippen molar-refractivity contribution in [1.82, 2.24) is 63.8 Å². The zero-order valence-corrected chi connectivity index (χ0v) is 69.7. The van der Waals surface area contributed by atoms with E-state index in [9.17, 15) is 55.2 Å². The summed E-state index contributed by atoms with van der Waals surface area (Å²) in [7, 11) is 0. The number of carbonyl (C=O) groups excluding carboxylic acids is 9. The van der Waals surface area contributed by atoms with Gasteiger partial charge >= 0.3 is 5.97 Å². The van der Waals surface area contributed by atoms with Crippen LogP contribution in [-0.2, 0) is 54.3 Å². The minimum absolute atomic E-state index is 0.0609. The van der Waals surface area contributed by atoms with E-state index >= 15 is 28.8 Å². The number of ether oxygens (including phenoxy) is 5. The van der Waals surface area contributed by atoms with Gasteiger partial charge in [-0.15, -0.1) is 0 Å². The lowest BCUT2D eigenvalue weighted by atomic mass is 9.89. The van der Waals surface area contributed by atoms with Gasteiger partial charge in [-0.2, -0.15) is 0 Å². The van der Waals surface area contributed by atoms with Crippen molar-refractivity contribution in [3.8, 4) is 80.1 Å². The highest BCUT2D eigenvalue weighted by molar-refractivity contribution is 6.32. The third kappa shape index (κ3) is 24.8. The summed E-state index contributed by atoms with van der Waals surface area (Å²) in [6, 6.07) is 7.43. The van der Waals surface area contributed by atoms with Gasteiger partial charge in [-0.1, -0.05) is 47.5 Å². The average molecular weight is 1770 g/mol. The van der Waals surface area contributed by atoms with Gasteiger partial charge < -0.3 is 146 Å². The molecule has 7 aromatic carbocycles. The Hall–Kier alpha value is -11.9. The minimum Gasteiger partial charge on any atom is -0.508 e. The Morgan fingerprint density at radius 3 is 1.58 bits per heavy atom. The summed E-state index contributed by atoms with van der Waals surface area (Å²) in [5.74, 6) is -16.7. The van der Waals surface area contributed by atoms with E-state index in [4.69, 9.17) is 64.1 Å². The predicted molar refractivity (Wildman–Crippen MR) is 456 cm³/mol. The monoisotopic (exact) mass is 1770 g/mol. The molecule has 10 atom stereocenters. The van der Waals surface area contributed by atoms with Gasteiger partial charge in [-0.05, 0) is 229 Å². The lowest BCUT2D eigenvalue weighted by Crippen LogP contribution is -2.55. The smallest absolute Gasteiger partial charge is 0.334 e. The number of esters is 1. The first-order valence-electron chi connectivity index (χ1n) is 41.2. The maximum absolute atomic E-state index is 16.5. The number of phenols is 5. The summed E-state index contributed by atoms with van der Waals surface area (Å²) in [4.78, 5) is 138. The highest BCUT2D eigenvalue weighted by atomic mass is 35.5. The summed E-state index contributed by atoms with van der Waals surface area (Å²) >= 11 is 14.4. The zero-order chi connectivity index (χ0) is 89.4. The van der Waals surface area contributed by atoms with Gasteiger partial charge in [0, 0.05) is 74.4 Å². The number of nitrogens with one attached hydrogen (secondary N) is 12. The second-order valence-corrected chi connectivity index (χ2v) is 31.1. The maximum Gasteiger partial charge on any atom is 0.334 e. The van der Waals surface area contributed by atoms with E-state index in [1.54, 1.807) is 0 Å². The van der Waals surface area contributed by atoms with E-state index in [1.807, 2.05) is 0 Å². The first-order valence-corrected chi connectivity index (χ1v) is 42.0. The largest absolute Gasteiger partial charge is 0.508 e. The number of nitrogens with two attached hydrogens (primary N) is 3. The van der Waals surface area contributed by atoms with Gasteiger partial charge in [0.05, 0.1) is 10.0 Å². The molecule has 125 heavy (non-hydrogen) atoms. The molecule has 17 bridgehead atoms. The fourth-order valence-electron chi connectivity index (χ4n) is 14.4. The molecule has 6 heterocycles. The first kappa shape index (κ1) is 93.8. The van der Waals surface area contributed by atoms with Gasteiger partial charge in [0.25, 0.3) is 11.8 Å². The number of benzene rings is 7. The van der Waals surface area contributed by atoms with E-state index < -0.39 is 220 Å². The summed E-state index contributed by atoms with van der Waals surface area (Å²) < 4.78 is 32.1. The fraction of sp³-hybridized carbons (Fsp3) is 0.407. The van der Waals surface area contributed by atoms with Crippen LogP contribution in [-0.4, -0.2) is 210 Å². The van der Waals surface area contributed by atoms with Crippen molar-refractivity contribution < 1.29 is 108 Å². The van der Waals surface area contributed by atoms with Crippen LogP contribution in [0.25, 0.3) is 11.1 Å². The Morgan fingerprint density at radius 1 is 0.464 bits per heavy atom. The molecular weight excluding hydrogens is 1670 g/mol. The predicted octanol–water partition coefficient (Wildman–Crippen LogP) is 3.25. The summed E-state index contributed by atoms with van der Waals surface area (Å²) in [6.45, 7) is 5.55. The lowest BCUT2D eigenvalue weighted by Gasteiger charge is -2.32. The molecule has 37 nitrogen and oxygen atoms in total. The molecule has 0 aromatic heterocycles. The Labute approximate surface area is 728 Å². The normalized spacial score (nSPS) is 19.2. The van der Waals surface area contributed by atoms with Crippen molar-refractivity contribution in [3.63, 3.8) is 0 Å². The van der Waals surface area contributed by atoms with Crippen molar-refractivity contribution >= 4 is 76.4 Å². The standard InChI is InChI=1S/C86H105Cl2N15O22/c87-56-33-45-9-15-62(56)122-67-40-50-41-68(77(67)124-64(17-31-104)79(113)96-29-7-27-94-23-3-1-21-92-25-5-19-89)123-63-16-12-48(38-57(63)88)76(111)75-85(119)102-74(86(120)125-65(18-32-105)80(114)97-30-8-28-95-24-4-2-22-93-26-6-20-90)55-43-52(107)44-61(110)69(55)54-37-47(11-13-59(54)108)71(82(116)103-75)100-84(118)73(50)101-83(117)72-49-35-51(106)42-53(36-49)121-66-39-46(10-14-60(66)109)70(91)81(115)98-58(34-45)78(112)99-72/h9-16,33,35-44,58,64-65,70-76,92-95,104-111H,1-8,17-32,34,89-91H2,(H,96,113)(H,97,114)(H,98,115)(H,99,112)(H,100,118)(H,101,117)(H,102,119)(H,103,116)/t58-,64?,65?,70+,71-,72+,73-,74-,75+,76-/m1/s1. The van der Waals surface area contributed by atoms with Crippen LogP contribution in [0.5, 0.6) is 69.0 Å². The minimum atomic E-state index is -2.35. The van der Waals surface area contributed by atoms with Crippen molar-refractivity contribution in [2.45, 2.75) is 131 Å². The second-order valence-electron chi connectivity index (χ2n) is 30.3. The summed E-state index contributed by atoms with van der Waals surface area (Å²) in [5.41, 5.74) is 15.2. The summed E-state index contributed by atoms with van der Waals surface area (Å²) in [5, 5.41) is 126. The number of halogens is 2. The number of phenolic OH excluding ortho intramolecular Hbond substituents is 5. The van der Waals surface area contributed by atoms with Gasteiger partial charge in [0.1, 0.15) is 82.6 Å². The van der Waals surface area contributed by atoms with Gasteiger partial charge in [0.15, 0.2) is 41.2 Å². The van der Waals surface area contributed by atoms with E-state index in [1.165, 1.54) is 54.6 Å². The molecule has 0 saturated heterocycles. The average Bonchev–Trinajstić information content (AvgIpc) is 0.763. The summed E-state index contributed by atoms with van der Waals surface area (Å²) in [6.07, 6.45) is -0.914. The number of aromatic hydroxyl groups is 5.